The molecule has 0 aliphatic carbocycles. The molecule has 1 aromatic carbocycles. The number of aliphatic hydroxyl groups excluding tert-OH is 1. The van der Waals surface area contributed by atoms with Crippen molar-refractivity contribution in [3.8, 4) is 0 Å². The molecular weight excluding hydrogens is 182 g/mol. The predicted molar refractivity (Wildman–Crippen MR) is 51.6 cm³/mol. The predicted octanol–water partition coefficient (Wildman–Crippen LogP) is -0.0163. The van der Waals surface area contributed by atoms with E-state index < -0.39 is 11.8 Å². The SMILES string of the molecule is C[C@H](O)[C@@](N)(O)c1ccc(C=O)cc1. The number of hydrogen-bond donors (Lipinski definition) is 3. The van der Waals surface area contributed by atoms with E-state index in [0.29, 0.717) is 17.4 Å². The van der Waals surface area contributed by atoms with Crippen molar-refractivity contribution in [2.75, 3.05) is 0 Å². The molecule has 0 bridgehead atoms. The van der Waals surface area contributed by atoms with E-state index in [4.69, 9.17) is 5.73 Å². The highest BCUT2D eigenvalue weighted by Crippen LogP contribution is 2.19. The molecule has 1 rings (SSSR count). The van der Waals surface area contributed by atoms with E-state index in [1.54, 1.807) is 0 Å². The molecule has 0 aliphatic rings. The second kappa shape index (κ2) is 3.88. The monoisotopic (exact) mass is 195 g/mol. The van der Waals surface area contributed by atoms with E-state index in [1.807, 2.05) is 0 Å². The highest BCUT2D eigenvalue weighted by Gasteiger charge is 2.29. The van der Waals surface area contributed by atoms with Crippen molar-refractivity contribution in [3.05, 3.63) is 35.4 Å². The van der Waals surface area contributed by atoms with Gasteiger partial charge in [0.2, 0.25) is 0 Å². The summed E-state index contributed by atoms with van der Waals surface area (Å²) >= 11 is 0. The van der Waals surface area contributed by atoms with Crippen molar-refractivity contribution < 1.29 is 15.0 Å². The number of carbonyl (C=O) groups is 1. The Morgan fingerprint density at radius 2 is 1.93 bits per heavy atom. The van der Waals surface area contributed by atoms with Crippen LogP contribution >= 0.6 is 0 Å². The summed E-state index contributed by atoms with van der Waals surface area (Å²) in [7, 11) is 0. The third-order valence-electron chi connectivity index (χ3n) is 2.15. The number of aliphatic hydroxyl groups is 2. The van der Waals surface area contributed by atoms with Gasteiger partial charge in [0.25, 0.3) is 0 Å². The van der Waals surface area contributed by atoms with Crippen LogP contribution in [0.25, 0.3) is 0 Å². The van der Waals surface area contributed by atoms with Crippen molar-refractivity contribution in [3.63, 3.8) is 0 Å². The molecule has 1 aromatic rings. The molecule has 4 nitrogen and oxygen atoms in total. The first-order valence-corrected chi connectivity index (χ1v) is 4.23. The average Bonchev–Trinajstić information content (AvgIpc) is 2.17. The number of benzene rings is 1. The van der Waals surface area contributed by atoms with E-state index in [9.17, 15) is 15.0 Å². The van der Waals surface area contributed by atoms with Crippen LogP contribution in [0.15, 0.2) is 24.3 Å². The third-order valence-corrected chi connectivity index (χ3v) is 2.15. The number of hydrogen-bond acceptors (Lipinski definition) is 4. The second-order valence-corrected chi connectivity index (χ2v) is 3.24. The zero-order valence-electron chi connectivity index (χ0n) is 7.84. The Hall–Kier alpha value is -1.23. The standard InChI is InChI=1S/C10H13NO3/c1-7(13)10(11,14)9-4-2-8(6-12)3-5-9/h2-7,13-14H,11H2,1H3/t7-,10+/m0/s1. The summed E-state index contributed by atoms with van der Waals surface area (Å²) in [4.78, 5) is 10.4. The minimum Gasteiger partial charge on any atom is -0.389 e. The molecule has 0 unspecified atom stereocenters. The van der Waals surface area contributed by atoms with Crippen molar-refractivity contribution in [1.29, 1.82) is 0 Å². The summed E-state index contributed by atoms with van der Waals surface area (Å²) < 4.78 is 0. The van der Waals surface area contributed by atoms with Crippen LogP contribution in [0.4, 0.5) is 0 Å². The molecule has 0 aliphatic heterocycles. The highest BCUT2D eigenvalue weighted by molar-refractivity contribution is 5.74. The second-order valence-electron chi connectivity index (χ2n) is 3.24. The van der Waals surface area contributed by atoms with Crippen molar-refractivity contribution >= 4 is 6.29 Å². The van der Waals surface area contributed by atoms with Crippen molar-refractivity contribution in [2.24, 2.45) is 5.73 Å². The lowest BCUT2D eigenvalue weighted by atomic mass is 9.98. The highest BCUT2D eigenvalue weighted by atomic mass is 16.4. The molecule has 14 heavy (non-hydrogen) atoms. The van der Waals surface area contributed by atoms with E-state index >= 15 is 0 Å². The van der Waals surface area contributed by atoms with Gasteiger partial charge in [-0.1, -0.05) is 24.3 Å². The van der Waals surface area contributed by atoms with Crippen LogP contribution in [0.2, 0.25) is 0 Å². The van der Waals surface area contributed by atoms with Gasteiger partial charge in [0, 0.05) is 11.1 Å². The molecule has 4 N–H and O–H groups in total. The summed E-state index contributed by atoms with van der Waals surface area (Å²) in [6, 6.07) is 6.08. The van der Waals surface area contributed by atoms with Crippen LogP contribution in [0, 0.1) is 0 Å². The molecule has 4 heteroatoms. The van der Waals surface area contributed by atoms with Gasteiger partial charge >= 0.3 is 0 Å². The number of carbonyl (C=O) groups excluding carboxylic acids is 1. The van der Waals surface area contributed by atoms with Gasteiger partial charge in [-0.25, -0.2) is 0 Å². The Balaban J connectivity index is 3.02. The fourth-order valence-corrected chi connectivity index (χ4v) is 1.07. The summed E-state index contributed by atoms with van der Waals surface area (Å²) in [6.45, 7) is 1.40. The Kier molecular flexibility index (Phi) is 3.00. The molecule has 0 heterocycles. The molecule has 2 atom stereocenters. The van der Waals surface area contributed by atoms with Gasteiger partial charge in [0.05, 0.1) is 6.10 Å². The fraction of sp³-hybridized carbons (Fsp3) is 0.300. The van der Waals surface area contributed by atoms with Gasteiger partial charge in [-0.05, 0) is 6.92 Å². The molecule has 0 saturated heterocycles. The molecule has 0 saturated carbocycles. The van der Waals surface area contributed by atoms with Crippen LogP contribution < -0.4 is 5.73 Å². The van der Waals surface area contributed by atoms with Crippen LogP contribution in [-0.2, 0) is 5.72 Å². The number of rotatable bonds is 3. The molecule has 0 amide bonds. The lowest BCUT2D eigenvalue weighted by Gasteiger charge is -2.26. The summed E-state index contributed by atoms with van der Waals surface area (Å²) in [5, 5.41) is 18.9. The Labute approximate surface area is 82.0 Å². The number of nitrogens with two attached hydrogens (primary N) is 1. The maximum atomic E-state index is 10.4. The van der Waals surface area contributed by atoms with E-state index in [1.165, 1.54) is 31.2 Å². The van der Waals surface area contributed by atoms with Crippen LogP contribution in [0.3, 0.4) is 0 Å². The average molecular weight is 195 g/mol. The quantitative estimate of drug-likeness (QED) is 0.467. The van der Waals surface area contributed by atoms with E-state index in [2.05, 4.69) is 0 Å². The topological polar surface area (TPSA) is 83.6 Å². The molecule has 76 valence electrons. The lowest BCUT2D eigenvalue weighted by Crippen LogP contribution is -2.46. The fourth-order valence-electron chi connectivity index (χ4n) is 1.07. The first kappa shape index (κ1) is 10.8. The van der Waals surface area contributed by atoms with E-state index in [0.717, 1.165) is 0 Å². The van der Waals surface area contributed by atoms with Crippen molar-refractivity contribution in [2.45, 2.75) is 18.8 Å². The van der Waals surface area contributed by atoms with Crippen molar-refractivity contribution in [1.82, 2.24) is 0 Å². The van der Waals surface area contributed by atoms with Crippen LogP contribution in [-0.4, -0.2) is 22.6 Å². The van der Waals surface area contributed by atoms with Gasteiger partial charge in [-0.3, -0.25) is 10.5 Å². The summed E-state index contributed by atoms with van der Waals surface area (Å²) in [5.41, 5.74) is 4.58. The maximum Gasteiger partial charge on any atom is 0.165 e. The maximum absolute atomic E-state index is 10.4. The normalized spacial score (nSPS) is 17.1. The van der Waals surface area contributed by atoms with Gasteiger partial charge in [-0.2, -0.15) is 0 Å². The van der Waals surface area contributed by atoms with Gasteiger partial charge in [0.15, 0.2) is 5.72 Å². The minimum absolute atomic E-state index is 0.373. The molecule has 0 radical (unpaired) electrons. The van der Waals surface area contributed by atoms with Gasteiger partial charge in [-0.15, -0.1) is 0 Å². The van der Waals surface area contributed by atoms with E-state index in [-0.39, 0.29) is 0 Å². The molecular formula is C10H13NO3. The van der Waals surface area contributed by atoms with Crippen LogP contribution in [0.1, 0.15) is 22.8 Å². The zero-order valence-corrected chi connectivity index (χ0v) is 7.84. The molecule has 0 fully saturated rings. The Morgan fingerprint density at radius 3 is 2.29 bits per heavy atom. The zero-order chi connectivity index (χ0) is 10.8. The van der Waals surface area contributed by atoms with Gasteiger partial charge in [0.1, 0.15) is 6.29 Å². The molecule has 0 aromatic heterocycles. The Morgan fingerprint density at radius 1 is 1.43 bits per heavy atom. The first-order valence-electron chi connectivity index (χ1n) is 4.23. The third kappa shape index (κ3) is 1.98. The largest absolute Gasteiger partial charge is 0.389 e. The smallest absolute Gasteiger partial charge is 0.165 e. The summed E-state index contributed by atoms with van der Waals surface area (Å²) in [6.07, 6.45) is -0.383. The number of aldehydes is 1. The lowest BCUT2D eigenvalue weighted by molar-refractivity contribution is -0.0669. The Bertz CT molecular complexity index is 317. The van der Waals surface area contributed by atoms with Crippen LogP contribution in [0.5, 0.6) is 0 Å². The first-order chi connectivity index (χ1) is 6.48. The minimum atomic E-state index is -1.78. The van der Waals surface area contributed by atoms with Gasteiger partial charge < -0.3 is 10.2 Å². The summed E-state index contributed by atoms with van der Waals surface area (Å²) in [5.74, 6) is 0. The molecule has 0 spiro atoms.